The summed E-state index contributed by atoms with van der Waals surface area (Å²) >= 11 is 0. The van der Waals surface area contributed by atoms with Gasteiger partial charge in [0.05, 0.1) is 6.61 Å². The van der Waals surface area contributed by atoms with Crippen molar-refractivity contribution < 1.29 is 13.9 Å². The van der Waals surface area contributed by atoms with Gasteiger partial charge >= 0.3 is 5.97 Å². The first-order valence-corrected chi connectivity index (χ1v) is 8.41. The second-order valence-electron chi connectivity index (χ2n) is 5.77. The van der Waals surface area contributed by atoms with E-state index in [1.165, 1.54) is 6.20 Å². The van der Waals surface area contributed by atoms with Crippen molar-refractivity contribution in [2.45, 2.75) is 20.8 Å². The van der Waals surface area contributed by atoms with E-state index in [0.29, 0.717) is 17.1 Å². The summed E-state index contributed by atoms with van der Waals surface area (Å²) in [7, 11) is 0. The fourth-order valence-electron chi connectivity index (χ4n) is 2.52. The maximum atomic E-state index is 12.3. The predicted octanol–water partition coefficient (Wildman–Crippen LogP) is 4.15. The number of anilines is 2. The summed E-state index contributed by atoms with van der Waals surface area (Å²) in [5, 5.41) is 12.4. The number of nitrogens with zero attached hydrogens (tertiary/aromatic N) is 3. The van der Waals surface area contributed by atoms with Crippen LogP contribution in [0, 0.1) is 25.2 Å². The third-order valence-corrected chi connectivity index (χ3v) is 4.05. The first-order valence-electron chi connectivity index (χ1n) is 8.41. The molecule has 2 aromatic heterocycles. The molecule has 0 bridgehead atoms. The molecule has 2 heterocycles. The molecule has 0 aliphatic rings. The van der Waals surface area contributed by atoms with Crippen molar-refractivity contribution in [2.24, 2.45) is 0 Å². The van der Waals surface area contributed by atoms with Gasteiger partial charge in [-0.3, -0.25) is 0 Å². The van der Waals surface area contributed by atoms with Crippen LogP contribution in [-0.4, -0.2) is 22.5 Å². The van der Waals surface area contributed by atoms with E-state index in [-0.39, 0.29) is 23.9 Å². The van der Waals surface area contributed by atoms with E-state index in [9.17, 15) is 10.1 Å². The molecule has 0 saturated heterocycles. The fourth-order valence-corrected chi connectivity index (χ4v) is 2.52. The Labute approximate surface area is 156 Å². The highest BCUT2D eigenvalue weighted by Gasteiger charge is 2.21. The SMILES string of the molecule is CCOC(=O)c1cnc(-c2ccccc2)nc1Nc1oc(C)c(C)c1C#N. The molecular weight excluding hydrogens is 344 g/mol. The minimum absolute atomic E-state index is 0.159. The summed E-state index contributed by atoms with van der Waals surface area (Å²) in [5.41, 5.74) is 2.05. The molecule has 0 aliphatic heterocycles. The lowest BCUT2D eigenvalue weighted by Crippen LogP contribution is -2.11. The van der Waals surface area contributed by atoms with Crippen LogP contribution >= 0.6 is 0 Å². The van der Waals surface area contributed by atoms with Crippen LogP contribution in [0.2, 0.25) is 0 Å². The van der Waals surface area contributed by atoms with E-state index in [2.05, 4.69) is 21.4 Å². The molecule has 0 amide bonds. The molecular formula is C20H18N4O3. The molecule has 0 unspecified atom stereocenters. The summed E-state index contributed by atoms with van der Waals surface area (Å²) in [4.78, 5) is 21.0. The number of carbonyl (C=O) groups excluding carboxylic acids is 1. The van der Waals surface area contributed by atoms with E-state index in [0.717, 1.165) is 11.1 Å². The van der Waals surface area contributed by atoms with E-state index < -0.39 is 5.97 Å². The minimum Gasteiger partial charge on any atom is -0.462 e. The van der Waals surface area contributed by atoms with Crippen LogP contribution in [0.4, 0.5) is 11.7 Å². The number of carbonyl (C=O) groups is 1. The van der Waals surface area contributed by atoms with Crippen LogP contribution in [0.1, 0.15) is 34.2 Å². The van der Waals surface area contributed by atoms with Gasteiger partial charge in [-0.15, -0.1) is 0 Å². The number of furan rings is 1. The molecule has 27 heavy (non-hydrogen) atoms. The van der Waals surface area contributed by atoms with Crippen molar-refractivity contribution in [2.75, 3.05) is 11.9 Å². The van der Waals surface area contributed by atoms with Crippen molar-refractivity contribution in [3.05, 3.63) is 59.0 Å². The van der Waals surface area contributed by atoms with Crippen LogP contribution in [0.5, 0.6) is 0 Å². The lowest BCUT2D eigenvalue weighted by Gasteiger charge is -2.10. The summed E-state index contributed by atoms with van der Waals surface area (Å²) in [6, 6.07) is 11.5. The number of rotatable bonds is 5. The Hall–Kier alpha value is -3.66. The quantitative estimate of drug-likeness (QED) is 0.680. The van der Waals surface area contributed by atoms with E-state index in [1.54, 1.807) is 20.8 Å². The first-order chi connectivity index (χ1) is 13.0. The Kier molecular flexibility index (Phi) is 5.18. The van der Waals surface area contributed by atoms with Gasteiger partial charge < -0.3 is 14.5 Å². The average Bonchev–Trinajstić information content (AvgIpc) is 2.95. The summed E-state index contributed by atoms with van der Waals surface area (Å²) < 4.78 is 10.7. The predicted molar refractivity (Wildman–Crippen MR) is 99.6 cm³/mol. The molecule has 0 spiro atoms. The van der Waals surface area contributed by atoms with Gasteiger partial charge in [0, 0.05) is 17.3 Å². The highest BCUT2D eigenvalue weighted by molar-refractivity contribution is 5.95. The van der Waals surface area contributed by atoms with Gasteiger partial charge in [0.2, 0.25) is 5.88 Å². The van der Waals surface area contributed by atoms with Crippen LogP contribution in [-0.2, 0) is 4.74 Å². The fraction of sp³-hybridized carbons (Fsp3) is 0.200. The number of aromatic nitrogens is 2. The van der Waals surface area contributed by atoms with Crippen molar-refractivity contribution in [3.63, 3.8) is 0 Å². The zero-order valence-corrected chi connectivity index (χ0v) is 15.2. The molecule has 3 rings (SSSR count). The Balaban J connectivity index is 2.09. The van der Waals surface area contributed by atoms with Crippen LogP contribution in [0.3, 0.4) is 0 Å². The minimum atomic E-state index is -0.557. The number of nitriles is 1. The lowest BCUT2D eigenvalue weighted by atomic mass is 10.2. The third-order valence-electron chi connectivity index (χ3n) is 4.05. The smallest absolute Gasteiger partial charge is 0.343 e. The second-order valence-corrected chi connectivity index (χ2v) is 5.77. The maximum absolute atomic E-state index is 12.3. The molecule has 1 N–H and O–H groups in total. The number of esters is 1. The number of hydrogen-bond donors (Lipinski definition) is 1. The van der Waals surface area contributed by atoms with Crippen molar-refractivity contribution in [1.29, 1.82) is 5.26 Å². The van der Waals surface area contributed by atoms with E-state index in [1.807, 2.05) is 30.3 Å². The molecule has 0 atom stereocenters. The van der Waals surface area contributed by atoms with Crippen molar-refractivity contribution in [3.8, 4) is 17.5 Å². The normalized spacial score (nSPS) is 10.3. The Morgan fingerprint density at radius 2 is 2.04 bits per heavy atom. The molecule has 136 valence electrons. The van der Waals surface area contributed by atoms with Gasteiger partial charge in [0.1, 0.15) is 23.0 Å². The average molecular weight is 362 g/mol. The van der Waals surface area contributed by atoms with Crippen molar-refractivity contribution in [1.82, 2.24) is 9.97 Å². The molecule has 7 heteroatoms. The topological polar surface area (TPSA) is 101 Å². The van der Waals surface area contributed by atoms with Crippen molar-refractivity contribution >= 4 is 17.7 Å². The number of benzene rings is 1. The number of nitrogens with one attached hydrogen (secondary N) is 1. The third kappa shape index (κ3) is 3.65. The van der Waals surface area contributed by atoms with Crippen LogP contribution < -0.4 is 5.32 Å². The zero-order chi connectivity index (χ0) is 19.4. The molecule has 0 fully saturated rings. The van der Waals surface area contributed by atoms with Gasteiger partial charge in [-0.05, 0) is 20.8 Å². The zero-order valence-electron chi connectivity index (χ0n) is 15.2. The lowest BCUT2D eigenvalue weighted by molar-refractivity contribution is 0.0526. The number of aryl methyl sites for hydroxylation is 1. The van der Waals surface area contributed by atoms with Gasteiger partial charge in [-0.2, -0.15) is 5.26 Å². The number of hydrogen-bond acceptors (Lipinski definition) is 7. The van der Waals surface area contributed by atoms with Crippen LogP contribution in [0.25, 0.3) is 11.4 Å². The largest absolute Gasteiger partial charge is 0.462 e. The molecule has 0 radical (unpaired) electrons. The summed E-state index contributed by atoms with van der Waals surface area (Å²) in [6.07, 6.45) is 1.41. The molecule has 0 aliphatic carbocycles. The monoisotopic (exact) mass is 362 g/mol. The van der Waals surface area contributed by atoms with Gasteiger partial charge in [0.15, 0.2) is 11.6 Å². The standard InChI is InChI=1S/C20H18N4O3/c1-4-26-20(25)16-11-22-17(14-8-6-5-7-9-14)23-18(16)24-19-15(10-21)12(2)13(3)27-19/h5-9,11H,4H2,1-3H3,(H,22,23,24). The summed E-state index contributed by atoms with van der Waals surface area (Å²) in [6.45, 7) is 5.51. The van der Waals surface area contributed by atoms with E-state index in [4.69, 9.17) is 9.15 Å². The van der Waals surface area contributed by atoms with Gasteiger partial charge in [-0.25, -0.2) is 14.8 Å². The maximum Gasteiger partial charge on any atom is 0.343 e. The molecule has 7 nitrogen and oxygen atoms in total. The molecule has 0 saturated carbocycles. The highest BCUT2D eigenvalue weighted by Crippen LogP contribution is 2.30. The van der Waals surface area contributed by atoms with Crippen LogP contribution in [0.15, 0.2) is 40.9 Å². The Morgan fingerprint density at radius 1 is 1.30 bits per heavy atom. The summed E-state index contributed by atoms with van der Waals surface area (Å²) in [5.74, 6) is 0.940. The van der Waals surface area contributed by atoms with Gasteiger partial charge in [0.25, 0.3) is 0 Å². The number of ether oxygens (including phenoxy) is 1. The van der Waals surface area contributed by atoms with E-state index >= 15 is 0 Å². The van der Waals surface area contributed by atoms with Gasteiger partial charge in [-0.1, -0.05) is 30.3 Å². The molecule has 3 aromatic rings. The first kappa shape index (κ1) is 18.1. The Bertz CT molecular complexity index is 1020. The highest BCUT2D eigenvalue weighted by atomic mass is 16.5. The Morgan fingerprint density at radius 3 is 2.70 bits per heavy atom. The molecule has 1 aromatic carbocycles. The second kappa shape index (κ2) is 7.70.